The maximum absolute atomic E-state index is 12.5. The van der Waals surface area contributed by atoms with E-state index in [0.717, 1.165) is 11.1 Å². The average Bonchev–Trinajstić information content (AvgIpc) is 3.25. The van der Waals surface area contributed by atoms with E-state index in [9.17, 15) is 9.59 Å². The van der Waals surface area contributed by atoms with Gasteiger partial charge in [-0.1, -0.05) is 35.9 Å². The van der Waals surface area contributed by atoms with Gasteiger partial charge in [-0.15, -0.1) is 0 Å². The molecule has 2 heterocycles. The number of hydrogen-bond donors (Lipinski definition) is 4. The van der Waals surface area contributed by atoms with Gasteiger partial charge in [0.05, 0.1) is 11.1 Å². The van der Waals surface area contributed by atoms with E-state index < -0.39 is 5.92 Å². The van der Waals surface area contributed by atoms with Gasteiger partial charge < -0.3 is 14.9 Å². The van der Waals surface area contributed by atoms with Crippen LogP contribution in [-0.4, -0.2) is 20.4 Å². The molecule has 0 unspecified atom stereocenters. The number of ether oxygens (including phenoxy) is 1. The van der Waals surface area contributed by atoms with E-state index in [4.69, 9.17) is 16.3 Å². The fourth-order valence-corrected chi connectivity index (χ4v) is 3.71. The molecule has 8 heteroatoms. The molecular weight excluding hydrogens is 404 g/mol. The highest BCUT2D eigenvalue weighted by molar-refractivity contribution is 6.30. The monoisotopic (exact) mass is 424 g/mol. The molecule has 0 bridgehead atoms. The third-order valence-electron chi connectivity index (χ3n) is 5.13. The molecule has 4 aromatic rings. The summed E-state index contributed by atoms with van der Waals surface area (Å²) in [5.74, 6) is 0.173. The minimum absolute atomic E-state index is 0.249. The first-order valence-corrected chi connectivity index (χ1v) is 9.83. The van der Waals surface area contributed by atoms with Crippen molar-refractivity contribution in [1.82, 2.24) is 20.4 Å². The van der Waals surface area contributed by atoms with Gasteiger partial charge in [0.2, 0.25) is 0 Å². The molecule has 0 atom stereocenters. The molecule has 154 valence electrons. The molecular formula is C22H21ClN4O3. The fraction of sp³-hybridized carbons (Fsp3) is 0.182. The summed E-state index contributed by atoms with van der Waals surface area (Å²) in [4.78, 5) is 25.0. The predicted octanol–water partition coefficient (Wildman–Crippen LogP) is 3.75. The van der Waals surface area contributed by atoms with Gasteiger partial charge >= 0.3 is 0 Å². The van der Waals surface area contributed by atoms with Crippen LogP contribution in [0.3, 0.4) is 0 Å². The predicted molar refractivity (Wildman–Crippen MR) is 115 cm³/mol. The number of H-pyrrole nitrogens is 4. The first-order valence-electron chi connectivity index (χ1n) is 9.45. The number of aromatic amines is 4. The van der Waals surface area contributed by atoms with E-state index >= 15 is 0 Å². The molecule has 0 aliphatic carbocycles. The van der Waals surface area contributed by atoms with Crippen molar-refractivity contribution in [2.24, 2.45) is 0 Å². The Kier molecular flexibility index (Phi) is 5.37. The van der Waals surface area contributed by atoms with Gasteiger partial charge in [0.1, 0.15) is 12.4 Å². The molecule has 4 N–H and O–H groups in total. The highest BCUT2D eigenvalue weighted by Gasteiger charge is 2.27. The van der Waals surface area contributed by atoms with Crippen LogP contribution in [0.1, 0.15) is 39.6 Å². The largest absolute Gasteiger partial charge is 0.489 e. The Bertz CT molecular complexity index is 1210. The van der Waals surface area contributed by atoms with Crippen LogP contribution in [0.15, 0.2) is 58.1 Å². The lowest BCUT2D eigenvalue weighted by molar-refractivity contribution is 0.306. The Morgan fingerprint density at radius 1 is 0.800 bits per heavy atom. The third kappa shape index (κ3) is 3.84. The molecule has 0 amide bonds. The highest BCUT2D eigenvalue weighted by atomic mass is 35.5. The SMILES string of the molecule is Cc1[nH][nH]c(=O)c1C(c1ccc(OCc2ccc(Cl)cc2)cc1)c1c(C)[nH][nH]c1=O. The van der Waals surface area contributed by atoms with Crippen LogP contribution in [0.25, 0.3) is 0 Å². The van der Waals surface area contributed by atoms with Gasteiger partial charge in [0.15, 0.2) is 0 Å². The summed E-state index contributed by atoms with van der Waals surface area (Å²) in [6.07, 6.45) is 0. The molecule has 0 saturated carbocycles. The second-order valence-corrected chi connectivity index (χ2v) is 7.59. The topological polar surface area (TPSA) is 107 Å². The van der Waals surface area contributed by atoms with Crippen LogP contribution >= 0.6 is 11.6 Å². The molecule has 4 rings (SSSR count). The summed E-state index contributed by atoms with van der Waals surface area (Å²) in [6.45, 7) is 4.02. The summed E-state index contributed by atoms with van der Waals surface area (Å²) < 4.78 is 5.85. The van der Waals surface area contributed by atoms with E-state index in [-0.39, 0.29) is 11.1 Å². The summed E-state index contributed by atoms with van der Waals surface area (Å²) in [7, 11) is 0. The van der Waals surface area contributed by atoms with Crippen LogP contribution in [0.5, 0.6) is 5.75 Å². The normalized spacial score (nSPS) is 11.2. The van der Waals surface area contributed by atoms with Gasteiger partial charge in [-0.3, -0.25) is 19.8 Å². The van der Waals surface area contributed by atoms with Crippen molar-refractivity contribution in [3.63, 3.8) is 0 Å². The standard InChI is InChI=1S/C22H21ClN4O3/c1-12-18(21(28)26-24-12)20(19-13(2)25-27-22(19)29)15-5-9-17(10-6-15)30-11-14-3-7-16(23)8-4-14/h3-10,20H,11H2,1-2H3,(H2,24,26,28)(H2,25,27,29). The van der Waals surface area contributed by atoms with E-state index in [2.05, 4.69) is 20.4 Å². The Balaban J connectivity index is 1.66. The first kappa shape index (κ1) is 19.8. The minimum Gasteiger partial charge on any atom is -0.489 e. The molecule has 2 aromatic heterocycles. The zero-order chi connectivity index (χ0) is 21.3. The number of rotatable bonds is 6. The first-order chi connectivity index (χ1) is 14.4. The van der Waals surface area contributed by atoms with Gasteiger partial charge in [-0.05, 0) is 49.2 Å². The molecule has 0 aliphatic heterocycles. The van der Waals surface area contributed by atoms with Crippen LogP contribution in [0.4, 0.5) is 0 Å². The summed E-state index contributed by atoms with van der Waals surface area (Å²) in [6, 6.07) is 14.9. The molecule has 0 fully saturated rings. The maximum Gasteiger partial charge on any atom is 0.268 e. The van der Waals surface area contributed by atoms with E-state index in [1.807, 2.05) is 48.5 Å². The van der Waals surface area contributed by atoms with Gasteiger partial charge in [-0.25, -0.2) is 0 Å². The molecule has 0 spiro atoms. The minimum atomic E-state index is -0.514. The molecule has 0 aliphatic rings. The smallest absolute Gasteiger partial charge is 0.268 e. The number of halogens is 1. The summed E-state index contributed by atoms with van der Waals surface area (Å²) >= 11 is 5.91. The van der Waals surface area contributed by atoms with Crippen molar-refractivity contribution in [1.29, 1.82) is 0 Å². The number of aryl methyl sites for hydroxylation is 2. The van der Waals surface area contributed by atoms with Crippen molar-refractivity contribution in [3.8, 4) is 5.75 Å². The highest BCUT2D eigenvalue weighted by Crippen LogP contribution is 2.32. The van der Waals surface area contributed by atoms with Crippen molar-refractivity contribution in [2.75, 3.05) is 0 Å². The molecule has 7 nitrogen and oxygen atoms in total. The van der Waals surface area contributed by atoms with E-state index in [0.29, 0.717) is 39.9 Å². The van der Waals surface area contributed by atoms with Gasteiger partial charge in [-0.2, -0.15) is 0 Å². The zero-order valence-electron chi connectivity index (χ0n) is 16.5. The lowest BCUT2D eigenvalue weighted by Gasteiger charge is -2.16. The Labute approximate surface area is 177 Å². The fourth-order valence-electron chi connectivity index (χ4n) is 3.59. The number of hydrogen-bond acceptors (Lipinski definition) is 3. The Hall–Kier alpha value is -3.45. The lowest BCUT2D eigenvalue weighted by Crippen LogP contribution is -2.20. The quantitative estimate of drug-likeness (QED) is 0.378. The second kappa shape index (κ2) is 8.12. The molecule has 30 heavy (non-hydrogen) atoms. The van der Waals surface area contributed by atoms with Crippen molar-refractivity contribution >= 4 is 11.6 Å². The lowest BCUT2D eigenvalue weighted by atomic mass is 9.85. The third-order valence-corrected chi connectivity index (χ3v) is 5.39. The number of benzene rings is 2. The average molecular weight is 425 g/mol. The van der Waals surface area contributed by atoms with Crippen molar-refractivity contribution in [3.05, 3.63) is 108 Å². The Morgan fingerprint density at radius 3 is 1.80 bits per heavy atom. The summed E-state index contributed by atoms with van der Waals surface area (Å²) in [5.41, 5.74) is 3.72. The Morgan fingerprint density at radius 2 is 1.33 bits per heavy atom. The van der Waals surface area contributed by atoms with Crippen LogP contribution in [0, 0.1) is 13.8 Å². The van der Waals surface area contributed by atoms with Crippen molar-refractivity contribution in [2.45, 2.75) is 26.4 Å². The number of aromatic nitrogens is 4. The molecule has 0 saturated heterocycles. The van der Waals surface area contributed by atoms with E-state index in [1.54, 1.807) is 13.8 Å². The maximum atomic E-state index is 12.5. The number of nitrogens with one attached hydrogen (secondary N) is 4. The van der Waals surface area contributed by atoms with Crippen LogP contribution in [0.2, 0.25) is 5.02 Å². The molecule has 0 radical (unpaired) electrons. The summed E-state index contributed by atoms with van der Waals surface area (Å²) in [5, 5.41) is 11.6. The zero-order valence-corrected chi connectivity index (χ0v) is 17.3. The van der Waals surface area contributed by atoms with Gasteiger partial charge in [0, 0.05) is 22.3 Å². The van der Waals surface area contributed by atoms with Gasteiger partial charge in [0.25, 0.3) is 11.1 Å². The van der Waals surface area contributed by atoms with E-state index in [1.165, 1.54) is 0 Å². The van der Waals surface area contributed by atoms with Crippen LogP contribution in [-0.2, 0) is 6.61 Å². The second-order valence-electron chi connectivity index (χ2n) is 7.15. The van der Waals surface area contributed by atoms with Crippen molar-refractivity contribution < 1.29 is 4.74 Å². The molecule has 2 aromatic carbocycles. The van der Waals surface area contributed by atoms with Crippen LogP contribution < -0.4 is 15.9 Å².